The molecule has 5 nitrogen and oxygen atoms in total. The van der Waals surface area contributed by atoms with Crippen LogP contribution in [0.5, 0.6) is 11.5 Å². The van der Waals surface area contributed by atoms with Crippen molar-refractivity contribution >= 4 is 20.5 Å². The fourth-order valence-electron chi connectivity index (χ4n) is 1.72. The van der Waals surface area contributed by atoms with Crippen molar-refractivity contribution in [1.82, 2.24) is 4.98 Å². The van der Waals surface area contributed by atoms with E-state index >= 15 is 0 Å². The van der Waals surface area contributed by atoms with E-state index in [0.29, 0.717) is 22.5 Å². The van der Waals surface area contributed by atoms with Gasteiger partial charge in [0.05, 0.1) is 0 Å². The van der Waals surface area contributed by atoms with Gasteiger partial charge in [0.1, 0.15) is 0 Å². The quantitative estimate of drug-likeness (QED) is 0.681. The molecule has 0 atom stereocenters. The van der Waals surface area contributed by atoms with Gasteiger partial charge in [-0.3, -0.25) is 0 Å². The van der Waals surface area contributed by atoms with Crippen LogP contribution in [0.1, 0.15) is 21.8 Å². The number of esters is 1. The Bertz CT molecular complexity index is 636. The summed E-state index contributed by atoms with van der Waals surface area (Å²) in [6.45, 7) is 3.94. The van der Waals surface area contributed by atoms with Crippen molar-refractivity contribution in [2.75, 3.05) is 13.7 Å². The summed E-state index contributed by atoms with van der Waals surface area (Å²) in [6.07, 6.45) is 0. The van der Waals surface area contributed by atoms with Gasteiger partial charge in [0.2, 0.25) is 0 Å². The second kappa shape index (κ2) is 6.11. The number of aromatic nitrogens is 1. The molecule has 0 spiro atoms. The van der Waals surface area contributed by atoms with E-state index in [1.54, 1.807) is 32.0 Å². The Kier molecular flexibility index (Phi) is 4.47. The Hall–Kier alpha value is -1.78. The molecular weight excluding hydrogens is 325 g/mol. The fraction of sp³-hybridized carbons (Fsp3) is 0.286. The topological polar surface area (TPSA) is 68.7 Å². The Morgan fingerprint density at radius 2 is 2.20 bits per heavy atom. The summed E-state index contributed by atoms with van der Waals surface area (Å²) in [5, 5.41) is 9.60. The minimum atomic E-state index is -0.297. The molecule has 0 aliphatic rings. The molecule has 0 amide bonds. The number of nitrogens with zero attached hydrogens (tertiary/aromatic N) is 1. The third-order valence-electron chi connectivity index (χ3n) is 2.68. The zero-order chi connectivity index (χ0) is 14.7. The number of carbonyl (C=O) groups is 1. The molecule has 1 aromatic heterocycles. The first-order valence-electron chi connectivity index (χ1n) is 6.08. The van der Waals surface area contributed by atoms with Crippen molar-refractivity contribution in [3.8, 4) is 21.6 Å². The molecule has 0 bridgehead atoms. The number of phenols is 1. The van der Waals surface area contributed by atoms with Crippen LogP contribution in [0.15, 0.2) is 18.2 Å². The van der Waals surface area contributed by atoms with Crippen LogP contribution in [0.3, 0.4) is 0 Å². The van der Waals surface area contributed by atoms with Crippen LogP contribution in [0.4, 0.5) is 0 Å². The van der Waals surface area contributed by atoms with Crippen LogP contribution in [-0.2, 0) is 4.74 Å². The van der Waals surface area contributed by atoms with Crippen molar-refractivity contribution in [2.24, 2.45) is 0 Å². The summed E-state index contributed by atoms with van der Waals surface area (Å²) < 4.78 is 11.6. The van der Waals surface area contributed by atoms with Crippen molar-refractivity contribution in [1.29, 1.82) is 0 Å². The van der Waals surface area contributed by atoms with E-state index in [4.69, 9.17) is 9.47 Å². The molecule has 106 valence electrons. The molecule has 2 rings (SSSR count). The second-order valence-corrected chi connectivity index (χ2v) is 6.14. The first kappa shape index (κ1) is 14.6. The van der Waals surface area contributed by atoms with Crippen LogP contribution in [0.2, 0.25) is 0 Å². The molecule has 0 aliphatic heterocycles. The van der Waals surface area contributed by atoms with Gasteiger partial charge in [-0.15, -0.1) is 0 Å². The van der Waals surface area contributed by atoms with Crippen molar-refractivity contribution in [2.45, 2.75) is 13.8 Å². The molecule has 6 heteroatoms. The molecule has 0 saturated carbocycles. The molecule has 0 unspecified atom stereocenters. The predicted octanol–water partition coefficient (Wildman–Crippen LogP) is 2.00. The molecule has 1 aromatic carbocycles. The zero-order valence-corrected chi connectivity index (χ0v) is 13.2. The van der Waals surface area contributed by atoms with E-state index in [1.165, 1.54) is 7.11 Å². The summed E-state index contributed by atoms with van der Waals surface area (Å²) >= 11 is -0.196. The van der Waals surface area contributed by atoms with Gasteiger partial charge in [-0.2, -0.15) is 0 Å². The third-order valence-corrected chi connectivity index (χ3v) is 5.17. The monoisotopic (exact) mass is 341 g/mol. The molecule has 1 N–H and O–H groups in total. The summed E-state index contributed by atoms with van der Waals surface area (Å²) in [7, 11) is 1.49. The maximum absolute atomic E-state index is 11.8. The predicted molar refractivity (Wildman–Crippen MR) is 75.5 cm³/mol. The number of hydrogen-bond acceptors (Lipinski definition) is 5. The number of methoxy groups -OCH3 is 1. The van der Waals surface area contributed by atoms with Crippen LogP contribution in [-0.4, -0.2) is 44.3 Å². The van der Waals surface area contributed by atoms with E-state index in [1.807, 2.05) is 0 Å². The number of aromatic hydroxyl groups is 1. The van der Waals surface area contributed by atoms with Crippen LogP contribution in [0.25, 0.3) is 10.1 Å². The van der Waals surface area contributed by atoms with E-state index in [9.17, 15) is 9.90 Å². The molecule has 0 fully saturated rings. The third kappa shape index (κ3) is 2.86. The van der Waals surface area contributed by atoms with Gasteiger partial charge in [-0.1, -0.05) is 0 Å². The van der Waals surface area contributed by atoms with Gasteiger partial charge >= 0.3 is 122 Å². The number of benzene rings is 1. The Balaban J connectivity index is 2.39. The SMILES string of the molecule is CCOC(=O)c1[se]c(-c2ccc(O)c(OC)c2)nc1C. The average molecular weight is 340 g/mol. The molecule has 0 radical (unpaired) electrons. The number of aryl methyl sites for hydroxylation is 1. The summed E-state index contributed by atoms with van der Waals surface area (Å²) in [6, 6.07) is 5.04. The maximum atomic E-state index is 11.8. The number of phenolic OH excluding ortho intramolecular Hbond substituents is 1. The van der Waals surface area contributed by atoms with Gasteiger partial charge in [-0.25, -0.2) is 0 Å². The minimum absolute atomic E-state index is 0.0812. The first-order valence-corrected chi connectivity index (χ1v) is 7.80. The molecule has 0 aliphatic carbocycles. The molecule has 0 saturated heterocycles. The number of hydrogen-bond donors (Lipinski definition) is 1. The van der Waals surface area contributed by atoms with Crippen molar-refractivity contribution < 1.29 is 19.4 Å². The Morgan fingerprint density at radius 1 is 1.45 bits per heavy atom. The Labute approximate surface area is 122 Å². The van der Waals surface area contributed by atoms with Crippen molar-refractivity contribution in [3.05, 3.63) is 28.3 Å². The molecule has 20 heavy (non-hydrogen) atoms. The van der Waals surface area contributed by atoms with Gasteiger partial charge < -0.3 is 0 Å². The van der Waals surface area contributed by atoms with Crippen LogP contribution < -0.4 is 4.74 Å². The number of ether oxygens (including phenoxy) is 2. The van der Waals surface area contributed by atoms with E-state index in [-0.39, 0.29) is 26.2 Å². The van der Waals surface area contributed by atoms with Gasteiger partial charge in [0.25, 0.3) is 0 Å². The molecular formula is C14H15NO4Se. The van der Waals surface area contributed by atoms with E-state index in [0.717, 1.165) is 10.1 Å². The Morgan fingerprint density at radius 3 is 2.85 bits per heavy atom. The summed E-state index contributed by atoms with van der Waals surface area (Å²) in [5.41, 5.74) is 1.55. The van der Waals surface area contributed by atoms with Crippen LogP contribution >= 0.6 is 0 Å². The number of rotatable bonds is 4. The van der Waals surface area contributed by atoms with Gasteiger partial charge in [-0.05, 0) is 0 Å². The normalized spacial score (nSPS) is 10.3. The first-order chi connectivity index (χ1) is 9.56. The number of carbonyl (C=O) groups excluding carboxylic acids is 1. The second-order valence-electron chi connectivity index (χ2n) is 4.04. The zero-order valence-electron chi connectivity index (χ0n) is 11.5. The fourth-order valence-corrected chi connectivity index (χ4v) is 3.72. The standard InChI is InChI=1S/C14H15NO4Se/c1-4-19-14(17)12-8(2)15-13(20-12)9-5-6-10(16)11(7-9)18-3/h5-7,16H,4H2,1-3H3. The van der Waals surface area contributed by atoms with Gasteiger partial charge in [0.15, 0.2) is 0 Å². The van der Waals surface area contributed by atoms with E-state index < -0.39 is 0 Å². The average Bonchev–Trinajstić information content (AvgIpc) is 2.82. The van der Waals surface area contributed by atoms with Crippen molar-refractivity contribution in [3.63, 3.8) is 0 Å². The van der Waals surface area contributed by atoms with Crippen LogP contribution in [0, 0.1) is 6.92 Å². The van der Waals surface area contributed by atoms with Gasteiger partial charge in [0, 0.05) is 0 Å². The summed E-state index contributed by atoms with van der Waals surface area (Å²) in [4.78, 5) is 16.2. The molecule has 2 aromatic rings. The molecule has 1 heterocycles. The van der Waals surface area contributed by atoms with E-state index in [2.05, 4.69) is 4.98 Å². The summed E-state index contributed by atoms with van der Waals surface area (Å²) in [5.74, 6) is 0.176.